The van der Waals surface area contributed by atoms with Crippen LogP contribution in [0, 0.1) is 5.92 Å². The summed E-state index contributed by atoms with van der Waals surface area (Å²) in [5, 5.41) is 0. The zero-order valence-electron chi connectivity index (χ0n) is 10.4. The normalized spacial score (nSPS) is 30.2. The Bertz CT molecular complexity index is 185. The molecule has 0 N–H and O–H groups in total. The highest BCUT2D eigenvalue weighted by molar-refractivity contribution is 4.80. The number of rotatable bonds is 3. The van der Waals surface area contributed by atoms with Crippen molar-refractivity contribution in [2.75, 3.05) is 32.7 Å². The molecule has 0 bridgehead atoms. The van der Waals surface area contributed by atoms with Gasteiger partial charge in [0.1, 0.15) is 0 Å². The van der Waals surface area contributed by atoms with Crippen molar-refractivity contribution >= 4 is 0 Å². The van der Waals surface area contributed by atoms with Crippen molar-refractivity contribution in [2.24, 2.45) is 5.92 Å². The smallest absolute Gasteiger partial charge is 0.00387 e. The van der Waals surface area contributed by atoms with Gasteiger partial charge in [-0.15, -0.1) is 0 Å². The highest BCUT2D eigenvalue weighted by atomic mass is 15.2. The van der Waals surface area contributed by atoms with E-state index in [0.29, 0.717) is 0 Å². The molecule has 2 aliphatic heterocycles. The van der Waals surface area contributed by atoms with E-state index in [-0.39, 0.29) is 0 Å². The van der Waals surface area contributed by atoms with Gasteiger partial charge < -0.3 is 9.80 Å². The van der Waals surface area contributed by atoms with E-state index in [4.69, 9.17) is 0 Å². The average molecular weight is 210 g/mol. The lowest BCUT2D eigenvalue weighted by Crippen LogP contribution is -2.36. The molecule has 0 aromatic heterocycles. The van der Waals surface area contributed by atoms with Crippen LogP contribution < -0.4 is 0 Å². The first-order chi connectivity index (χ1) is 7.25. The second kappa shape index (κ2) is 5.31. The minimum absolute atomic E-state index is 0.747. The number of hydrogen-bond acceptors (Lipinski definition) is 2. The van der Waals surface area contributed by atoms with Gasteiger partial charge in [0.2, 0.25) is 0 Å². The molecule has 88 valence electrons. The first-order valence-corrected chi connectivity index (χ1v) is 6.72. The van der Waals surface area contributed by atoms with E-state index < -0.39 is 0 Å². The van der Waals surface area contributed by atoms with Crippen LogP contribution in [0.5, 0.6) is 0 Å². The van der Waals surface area contributed by atoms with Crippen molar-refractivity contribution in [3.8, 4) is 0 Å². The van der Waals surface area contributed by atoms with Crippen LogP contribution in [-0.2, 0) is 0 Å². The van der Waals surface area contributed by atoms with Crippen molar-refractivity contribution in [2.45, 2.75) is 45.6 Å². The number of hydrogen-bond donors (Lipinski definition) is 0. The second-order valence-corrected chi connectivity index (χ2v) is 5.60. The SMILES string of the molecule is CC(C)N1CC[C@H](CN2CCCCC2)C1. The predicted molar refractivity (Wildman–Crippen MR) is 65.1 cm³/mol. The lowest BCUT2D eigenvalue weighted by Gasteiger charge is -2.29. The quantitative estimate of drug-likeness (QED) is 0.704. The molecule has 15 heavy (non-hydrogen) atoms. The molecule has 2 nitrogen and oxygen atoms in total. The van der Waals surface area contributed by atoms with Crippen molar-refractivity contribution in [1.82, 2.24) is 9.80 Å². The van der Waals surface area contributed by atoms with Gasteiger partial charge in [-0.1, -0.05) is 6.42 Å². The van der Waals surface area contributed by atoms with Crippen LogP contribution >= 0.6 is 0 Å². The van der Waals surface area contributed by atoms with Crippen LogP contribution in [0.1, 0.15) is 39.5 Å². The summed E-state index contributed by atoms with van der Waals surface area (Å²) in [6.45, 7) is 11.4. The van der Waals surface area contributed by atoms with E-state index in [0.717, 1.165) is 12.0 Å². The third kappa shape index (κ3) is 3.18. The van der Waals surface area contributed by atoms with Crippen LogP contribution in [0.4, 0.5) is 0 Å². The maximum atomic E-state index is 2.69. The van der Waals surface area contributed by atoms with E-state index in [1.807, 2.05) is 0 Å². The van der Waals surface area contributed by atoms with E-state index >= 15 is 0 Å². The molecule has 0 saturated carbocycles. The Morgan fingerprint density at radius 1 is 1.07 bits per heavy atom. The fourth-order valence-corrected chi connectivity index (χ4v) is 2.99. The van der Waals surface area contributed by atoms with E-state index in [2.05, 4.69) is 23.6 Å². The standard InChI is InChI=1S/C13H26N2/c1-12(2)15-9-6-13(11-15)10-14-7-4-3-5-8-14/h12-13H,3-11H2,1-2H3/t13-/m1/s1. The molecule has 0 amide bonds. The predicted octanol–water partition coefficient (Wildman–Crippen LogP) is 2.20. The first kappa shape index (κ1) is 11.4. The molecule has 2 heterocycles. The van der Waals surface area contributed by atoms with Gasteiger partial charge in [-0.25, -0.2) is 0 Å². The highest BCUT2D eigenvalue weighted by Crippen LogP contribution is 2.21. The number of likely N-dealkylation sites (tertiary alicyclic amines) is 2. The molecular formula is C13H26N2. The van der Waals surface area contributed by atoms with E-state index in [1.165, 1.54) is 58.4 Å². The number of nitrogens with zero attached hydrogens (tertiary/aromatic N) is 2. The second-order valence-electron chi connectivity index (χ2n) is 5.60. The van der Waals surface area contributed by atoms with E-state index in [9.17, 15) is 0 Å². The van der Waals surface area contributed by atoms with Gasteiger partial charge in [0.15, 0.2) is 0 Å². The third-order valence-electron chi connectivity index (χ3n) is 4.01. The van der Waals surface area contributed by atoms with Crippen molar-refractivity contribution in [1.29, 1.82) is 0 Å². The molecule has 0 aliphatic carbocycles. The molecule has 0 aromatic carbocycles. The Labute approximate surface area is 94.6 Å². The number of piperidine rings is 1. The van der Waals surface area contributed by atoms with Crippen LogP contribution in [0.25, 0.3) is 0 Å². The Kier molecular flexibility index (Phi) is 4.04. The Balaban J connectivity index is 1.71. The molecule has 2 aliphatic rings. The van der Waals surface area contributed by atoms with Crippen molar-refractivity contribution < 1.29 is 0 Å². The molecule has 2 rings (SSSR count). The summed E-state index contributed by atoms with van der Waals surface area (Å²) in [5.74, 6) is 0.950. The summed E-state index contributed by atoms with van der Waals surface area (Å²) in [6.07, 6.45) is 5.75. The summed E-state index contributed by atoms with van der Waals surface area (Å²) in [6, 6.07) is 0.747. The minimum Gasteiger partial charge on any atom is -0.303 e. The van der Waals surface area contributed by atoms with Gasteiger partial charge in [-0.2, -0.15) is 0 Å². The van der Waals surface area contributed by atoms with E-state index in [1.54, 1.807) is 0 Å². The van der Waals surface area contributed by atoms with Gasteiger partial charge in [-0.3, -0.25) is 0 Å². The van der Waals surface area contributed by atoms with Crippen molar-refractivity contribution in [3.63, 3.8) is 0 Å². The fourth-order valence-electron chi connectivity index (χ4n) is 2.99. The van der Waals surface area contributed by atoms with Crippen LogP contribution in [0.3, 0.4) is 0 Å². The molecule has 0 unspecified atom stereocenters. The van der Waals surface area contributed by atoms with Gasteiger partial charge in [-0.05, 0) is 58.7 Å². The summed E-state index contributed by atoms with van der Waals surface area (Å²) >= 11 is 0. The summed E-state index contributed by atoms with van der Waals surface area (Å²) in [7, 11) is 0. The van der Waals surface area contributed by atoms with Crippen LogP contribution in [0.15, 0.2) is 0 Å². The minimum atomic E-state index is 0.747. The first-order valence-electron chi connectivity index (χ1n) is 6.72. The third-order valence-corrected chi connectivity index (χ3v) is 4.01. The molecule has 0 aromatic rings. The monoisotopic (exact) mass is 210 g/mol. The topological polar surface area (TPSA) is 6.48 Å². The van der Waals surface area contributed by atoms with Crippen LogP contribution in [-0.4, -0.2) is 48.6 Å². The average Bonchev–Trinajstić information content (AvgIpc) is 2.68. The fraction of sp³-hybridized carbons (Fsp3) is 1.00. The Morgan fingerprint density at radius 2 is 1.80 bits per heavy atom. The molecule has 0 spiro atoms. The van der Waals surface area contributed by atoms with Gasteiger partial charge in [0.25, 0.3) is 0 Å². The lowest BCUT2D eigenvalue weighted by molar-refractivity contribution is 0.188. The lowest BCUT2D eigenvalue weighted by atomic mass is 10.1. The van der Waals surface area contributed by atoms with Gasteiger partial charge >= 0.3 is 0 Å². The molecular weight excluding hydrogens is 184 g/mol. The molecule has 1 atom stereocenters. The zero-order chi connectivity index (χ0) is 10.7. The molecule has 0 radical (unpaired) electrons. The maximum Gasteiger partial charge on any atom is 0.00387 e. The molecule has 2 fully saturated rings. The van der Waals surface area contributed by atoms with Crippen LogP contribution in [0.2, 0.25) is 0 Å². The maximum absolute atomic E-state index is 2.69. The molecule has 2 heteroatoms. The van der Waals surface area contributed by atoms with Gasteiger partial charge in [0, 0.05) is 19.1 Å². The zero-order valence-corrected chi connectivity index (χ0v) is 10.4. The van der Waals surface area contributed by atoms with Crippen molar-refractivity contribution in [3.05, 3.63) is 0 Å². The summed E-state index contributed by atoms with van der Waals surface area (Å²) in [5.41, 5.74) is 0. The Hall–Kier alpha value is -0.0800. The summed E-state index contributed by atoms with van der Waals surface area (Å²) in [4.78, 5) is 5.33. The largest absolute Gasteiger partial charge is 0.303 e. The Morgan fingerprint density at radius 3 is 2.40 bits per heavy atom. The summed E-state index contributed by atoms with van der Waals surface area (Å²) < 4.78 is 0. The van der Waals surface area contributed by atoms with Gasteiger partial charge in [0.05, 0.1) is 0 Å². The highest BCUT2D eigenvalue weighted by Gasteiger charge is 2.26. The molecule has 2 saturated heterocycles.